The lowest BCUT2D eigenvalue weighted by molar-refractivity contribution is -0.113. The van der Waals surface area contributed by atoms with Crippen LogP contribution in [-0.4, -0.2) is 11.0 Å². The molecule has 2 heterocycles. The molecule has 9 heteroatoms. The van der Waals surface area contributed by atoms with E-state index in [9.17, 15) is 9.18 Å². The molecule has 0 saturated carbocycles. The van der Waals surface area contributed by atoms with Crippen molar-refractivity contribution in [1.29, 1.82) is 0 Å². The maximum absolute atomic E-state index is 13.1. The van der Waals surface area contributed by atoms with Gasteiger partial charge in [0.25, 0.3) is 5.91 Å². The van der Waals surface area contributed by atoms with Crippen LogP contribution in [-0.2, 0) is 11.4 Å². The van der Waals surface area contributed by atoms with Crippen LogP contribution in [0.4, 0.5) is 10.1 Å². The third kappa shape index (κ3) is 4.33. The Morgan fingerprint density at radius 2 is 1.87 bits per heavy atom. The number of amides is 1. The maximum atomic E-state index is 13.1. The third-order valence-corrected chi connectivity index (χ3v) is 5.23. The zero-order valence-electron chi connectivity index (χ0n) is 15.2. The van der Waals surface area contributed by atoms with Crippen molar-refractivity contribution in [2.24, 2.45) is 0 Å². The SMILES string of the molecule is O=C1/C(=C\c2ccc(COc3ccc(Cl)c(Cl)c3)o2)NC(=S)N1c1ccc(F)cc1. The van der Waals surface area contributed by atoms with Crippen LogP contribution in [0.2, 0.25) is 10.0 Å². The van der Waals surface area contributed by atoms with Crippen LogP contribution < -0.4 is 15.0 Å². The number of halogens is 3. The number of thiocarbonyl (C=S) groups is 1. The van der Waals surface area contributed by atoms with E-state index < -0.39 is 5.82 Å². The molecule has 1 amide bonds. The van der Waals surface area contributed by atoms with E-state index in [1.165, 1.54) is 29.2 Å². The summed E-state index contributed by atoms with van der Waals surface area (Å²) in [6.07, 6.45) is 1.54. The van der Waals surface area contributed by atoms with Gasteiger partial charge in [0.05, 0.1) is 15.7 Å². The van der Waals surface area contributed by atoms with Crippen LogP contribution in [0.1, 0.15) is 11.5 Å². The minimum atomic E-state index is -0.397. The number of rotatable bonds is 5. The number of carbonyl (C=O) groups is 1. The van der Waals surface area contributed by atoms with Crippen LogP contribution in [0.25, 0.3) is 6.08 Å². The van der Waals surface area contributed by atoms with Gasteiger partial charge in [0, 0.05) is 12.1 Å². The first-order valence-electron chi connectivity index (χ1n) is 8.70. The summed E-state index contributed by atoms with van der Waals surface area (Å²) in [7, 11) is 0. The Morgan fingerprint density at radius 1 is 1.10 bits per heavy atom. The predicted molar refractivity (Wildman–Crippen MR) is 117 cm³/mol. The number of nitrogens with one attached hydrogen (secondary N) is 1. The molecule has 152 valence electrons. The molecule has 1 fully saturated rings. The molecule has 1 aromatic heterocycles. The molecule has 0 atom stereocenters. The first kappa shape index (κ1) is 20.4. The summed E-state index contributed by atoms with van der Waals surface area (Å²) in [5, 5.41) is 3.89. The molecule has 0 aliphatic carbocycles. The van der Waals surface area contributed by atoms with E-state index in [0.717, 1.165) is 0 Å². The average molecular weight is 463 g/mol. The molecular formula is C21H13Cl2FN2O3S. The van der Waals surface area contributed by atoms with E-state index in [1.54, 1.807) is 36.4 Å². The number of nitrogens with zero attached hydrogens (tertiary/aromatic N) is 1. The number of ether oxygens (including phenoxy) is 1. The van der Waals surface area contributed by atoms with Gasteiger partial charge in [-0.25, -0.2) is 4.39 Å². The maximum Gasteiger partial charge on any atom is 0.281 e. The minimum Gasteiger partial charge on any atom is -0.486 e. The van der Waals surface area contributed by atoms with Crippen LogP contribution in [0.15, 0.2) is 64.7 Å². The van der Waals surface area contributed by atoms with E-state index in [4.69, 9.17) is 44.6 Å². The number of carbonyl (C=O) groups excluding carboxylic acids is 1. The lowest BCUT2D eigenvalue weighted by Gasteiger charge is -2.13. The van der Waals surface area contributed by atoms with Crippen LogP contribution in [0, 0.1) is 5.82 Å². The van der Waals surface area contributed by atoms with Gasteiger partial charge in [0.2, 0.25) is 0 Å². The van der Waals surface area contributed by atoms with E-state index in [-0.39, 0.29) is 23.3 Å². The zero-order valence-corrected chi connectivity index (χ0v) is 17.5. The molecule has 2 aromatic carbocycles. The Kier molecular flexibility index (Phi) is 5.76. The number of hydrogen-bond acceptors (Lipinski definition) is 4. The van der Waals surface area contributed by atoms with E-state index in [0.29, 0.717) is 33.0 Å². The van der Waals surface area contributed by atoms with Gasteiger partial charge >= 0.3 is 0 Å². The molecule has 1 saturated heterocycles. The van der Waals surface area contributed by atoms with Gasteiger partial charge in [-0.05, 0) is 60.7 Å². The fourth-order valence-corrected chi connectivity index (χ4v) is 3.36. The second-order valence-electron chi connectivity index (χ2n) is 6.27. The van der Waals surface area contributed by atoms with Gasteiger partial charge < -0.3 is 14.5 Å². The summed E-state index contributed by atoms with van der Waals surface area (Å²) in [5.41, 5.74) is 0.716. The molecule has 0 spiro atoms. The summed E-state index contributed by atoms with van der Waals surface area (Å²) in [6, 6.07) is 13.9. The van der Waals surface area contributed by atoms with Crippen LogP contribution >= 0.6 is 35.4 Å². The lowest BCUT2D eigenvalue weighted by atomic mass is 10.2. The molecule has 5 nitrogen and oxygen atoms in total. The van der Waals surface area contributed by atoms with Crippen LogP contribution in [0.5, 0.6) is 5.75 Å². The van der Waals surface area contributed by atoms with Crippen molar-refractivity contribution in [3.05, 3.63) is 87.7 Å². The molecule has 1 aliphatic rings. The fourth-order valence-electron chi connectivity index (χ4n) is 2.77. The molecular weight excluding hydrogens is 450 g/mol. The molecule has 0 radical (unpaired) electrons. The molecule has 30 heavy (non-hydrogen) atoms. The fraction of sp³-hybridized carbons (Fsp3) is 0.0476. The van der Waals surface area contributed by atoms with Crippen molar-refractivity contribution in [3.8, 4) is 5.75 Å². The van der Waals surface area contributed by atoms with Gasteiger partial charge in [-0.3, -0.25) is 9.69 Å². The highest BCUT2D eigenvalue weighted by atomic mass is 35.5. The van der Waals surface area contributed by atoms with Crippen molar-refractivity contribution in [1.82, 2.24) is 5.32 Å². The second kappa shape index (κ2) is 8.47. The van der Waals surface area contributed by atoms with Gasteiger partial charge in [-0.1, -0.05) is 23.2 Å². The van der Waals surface area contributed by atoms with E-state index in [1.807, 2.05) is 0 Å². The summed E-state index contributed by atoms with van der Waals surface area (Å²) in [4.78, 5) is 14.0. The number of furan rings is 1. The highest BCUT2D eigenvalue weighted by Gasteiger charge is 2.32. The minimum absolute atomic E-state index is 0.169. The summed E-state index contributed by atoms with van der Waals surface area (Å²) in [5.74, 6) is 0.787. The molecule has 1 aliphatic heterocycles. The Bertz CT molecular complexity index is 1160. The summed E-state index contributed by atoms with van der Waals surface area (Å²) >= 11 is 17.1. The number of anilines is 1. The Morgan fingerprint density at radius 3 is 2.60 bits per heavy atom. The predicted octanol–water partition coefficient (Wildman–Crippen LogP) is 5.57. The number of benzene rings is 2. The normalized spacial score (nSPS) is 15.0. The zero-order chi connectivity index (χ0) is 21.3. The molecule has 0 unspecified atom stereocenters. The van der Waals surface area contributed by atoms with Gasteiger partial charge in [0.15, 0.2) is 5.11 Å². The highest BCUT2D eigenvalue weighted by Crippen LogP contribution is 2.27. The van der Waals surface area contributed by atoms with E-state index in [2.05, 4.69) is 5.32 Å². The van der Waals surface area contributed by atoms with Crippen LogP contribution in [0.3, 0.4) is 0 Å². The largest absolute Gasteiger partial charge is 0.486 e. The standard InChI is InChI=1S/C21H13Cl2FN2O3S/c22-17-8-7-14(9-18(17)23)28-11-16-6-5-15(29-16)10-19-20(27)26(21(30)25-19)13-3-1-12(24)2-4-13/h1-10H,11H2,(H,25,30)/b19-10+. The lowest BCUT2D eigenvalue weighted by Crippen LogP contribution is -2.30. The molecule has 4 rings (SSSR count). The van der Waals surface area contributed by atoms with Crippen molar-refractivity contribution < 1.29 is 18.3 Å². The van der Waals surface area contributed by atoms with Crippen molar-refractivity contribution in [3.63, 3.8) is 0 Å². The highest BCUT2D eigenvalue weighted by molar-refractivity contribution is 7.80. The van der Waals surface area contributed by atoms with Gasteiger partial charge in [0.1, 0.15) is 35.4 Å². The quantitative estimate of drug-likeness (QED) is 0.396. The third-order valence-electron chi connectivity index (χ3n) is 4.20. The Labute approximate surface area is 186 Å². The average Bonchev–Trinajstić information content (AvgIpc) is 3.28. The van der Waals surface area contributed by atoms with Gasteiger partial charge in [-0.2, -0.15) is 0 Å². The smallest absolute Gasteiger partial charge is 0.281 e. The Hall–Kier alpha value is -2.87. The Balaban J connectivity index is 1.45. The van der Waals surface area contributed by atoms with Crippen molar-refractivity contribution >= 4 is 58.2 Å². The summed E-state index contributed by atoms with van der Waals surface area (Å²) < 4.78 is 24.5. The first-order valence-corrected chi connectivity index (χ1v) is 9.86. The second-order valence-corrected chi connectivity index (χ2v) is 7.47. The van der Waals surface area contributed by atoms with Gasteiger partial charge in [-0.15, -0.1) is 0 Å². The topological polar surface area (TPSA) is 54.7 Å². The molecule has 3 aromatic rings. The monoisotopic (exact) mass is 462 g/mol. The molecule has 0 bridgehead atoms. The molecule has 1 N–H and O–H groups in total. The van der Waals surface area contributed by atoms with E-state index >= 15 is 0 Å². The van der Waals surface area contributed by atoms with Crippen molar-refractivity contribution in [2.75, 3.05) is 4.90 Å². The van der Waals surface area contributed by atoms with Crippen molar-refractivity contribution in [2.45, 2.75) is 6.61 Å². The number of hydrogen-bond donors (Lipinski definition) is 1. The summed E-state index contributed by atoms with van der Waals surface area (Å²) in [6.45, 7) is 0.169. The first-order chi connectivity index (χ1) is 14.4.